The van der Waals surface area contributed by atoms with Crippen LogP contribution < -0.4 is 5.32 Å². The van der Waals surface area contributed by atoms with Crippen LogP contribution in [0.2, 0.25) is 0 Å². The summed E-state index contributed by atoms with van der Waals surface area (Å²) in [6.45, 7) is 18.0. The number of aliphatic hydroxyl groups excluding tert-OH is 1. The number of hydrogen-bond acceptors (Lipinski definition) is 4. The minimum absolute atomic E-state index is 0.121. The highest BCUT2D eigenvalue weighted by Gasteiger charge is 2.40. The van der Waals surface area contributed by atoms with Gasteiger partial charge in [0.05, 0.1) is 17.8 Å². The summed E-state index contributed by atoms with van der Waals surface area (Å²) in [5.41, 5.74) is -0.450. The molecule has 0 saturated carbocycles. The van der Waals surface area contributed by atoms with Crippen molar-refractivity contribution in [3.8, 4) is 0 Å². The molecule has 1 aliphatic heterocycles. The Kier molecular flexibility index (Phi) is 5.64. The van der Waals surface area contributed by atoms with E-state index in [1.807, 2.05) is 0 Å². The first kappa shape index (κ1) is 17.9. The average Bonchev–Trinajstić information content (AvgIpc) is 2.25. The molecule has 20 heavy (non-hydrogen) atoms. The van der Waals surface area contributed by atoms with Crippen LogP contribution in [-0.4, -0.2) is 59.0 Å². The van der Waals surface area contributed by atoms with Gasteiger partial charge in [-0.3, -0.25) is 4.90 Å². The number of ether oxygens (including phenoxy) is 1. The number of nitrogens with zero attached hydrogens (tertiary/aromatic N) is 1. The van der Waals surface area contributed by atoms with Crippen LogP contribution in [-0.2, 0) is 4.74 Å². The summed E-state index contributed by atoms with van der Waals surface area (Å²) < 4.78 is 6.14. The van der Waals surface area contributed by atoms with Gasteiger partial charge in [-0.25, -0.2) is 0 Å². The smallest absolute Gasteiger partial charge is 0.0760 e. The van der Waals surface area contributed by atoms with E-state index in [9.17, 15) is 5.11 Å². The summed E-state index contributed by atoms with van der Waals surface area (Å²) >= 11 is 0. The van der Waals surface area contributed by atoms with E-state index in [2.05, 4.69) is 58.7 Å². The Bertz CT molecular complexity index is 302. The third kappa shape index (κ3) is 4.99. The second-order valence-electron chi connectivity index (χ2n) is 7.83. The highest BCUT2D eigenvalue weighted by Crippen LogP contribution is 2.30. The van der Waals surface area contributed by atoms with Crippen LogP contribution in [0.15, 0.2) is 0 Å². The lowest BCUT2D eigenvalue weighted by molar-refractivity contribution is -0.188. The van der Waals surface area contributed by atoms with E-state index in [1.165, 1.54) is 0 Å². The fourth-order valence-corrected chi connectivity index (χ4v) is 3.56. The highest BCUT2D eigenvalue weighted by atomic mass is 16.5. The van der Waals surface area contributed by atoms with E-state index in [4.69, 9.17) is 4.74 Å². The number of nitrogens with one attached hydrogen (secondary N) is 1. The Labute approximate surface area is 124 Å². The van der Waals surface area contributed by atoms with Crippen molar-refractivity contribution in [1.29, 1.82) is 0 Å². The van der Waals surface area contributed by atoms with E-state index < -0.39 is 0 Å². The monoisotopic (exact) mass is 286 g/mol. The van der Waals surface area contributed by atoms with Crippen LogP contribution in [0.3, 0.4) is 0 Å². The normalized spacial score (nSPS) is 27.0. The molecule has 0 bridgehead atoms. The van der Waals surface area contributed by atoms with Gasteiger partial charge in [-0.15, -0.1) is 0 Å². The molecule has 1 heterocycles. The standard InChI is InChI=1S/C16H34N2O2/c1-8-17-16(7,12-19)9-13(2)18-10-14(3,4)20-15(5,6)11-18/h13,17,19H,8-12H2,1-7H3. The third-order valence-electron chi connectivity index (χ3n) is 4.04. The van der Waals surface area contributed by atoms with Crippen LogP contribution in [0.5, 0.6) is 0 Å². The second-order valence-corrected chi connectivity index (χ2v) is 7.83. The Hall–Kier alpha value is -0.160. The summed E-state index contributed by atoms with van der Waals surface area (Å²) in [5.74, 6) is 0. The van der Waals surface area contributed by atoms with Gasteiger partial charge in [-0.2, -0.15) is 0 Å². The van der Waals surface area contributed by atoms with E-state index >= 15 is 0 Å². The molecule has 0 aliphatic carbocycles. The maximum absolute atomic E-state index is 9.66. The molecule has 2 atom stereocenters. The van der Waals surface area contributed by atoms with Gasteiger partial charge >= 0.3 is 0 Å². The second kappa shape index (κ2) is 6.30. The van der Waals surface area contributed by atoms with Gasteiger partial charge in [-0.1, -0.05) is 6.92 Å². The highest BCUT2D eigenvalue weighted by molar-refractivity contribution is 4.94. The molecule has 0 aromatic carbocycles. The predicted molar refractivity (Wildman–Crippen MR) is 84.1 cm³/mol. The number of rotatable bonds is 6. The molecule has 120 valence electrons. The molecule has 4 heteroatoms. The van der Waals surface area contributed by atoms with Crippen LogP contribution in [0.25, 0.3) is 0 Å². The number of likely N-dealkylation sites (N-methyl/N-ethyl adjacent to an activating group) is 1. The van der Waals surface area contributed by atoms with Crippen LogP contribution in [0.1, 0.15) is 54.9 Å². The van der Waals surface area contributed by atoms with E-state index in [1.54, 1.807) is 0 Å². The summed E-state index contributed by atoms with van der Waals surface area (Å²) in [4.78, 5) is 2.49. The first-order chi connectivity index (χ1) is 9.02. The van der Waals surface area contributed by atoms with Gasteiger partial charge in [0.1, 0.15) is 0 Å². The van der Waals surface area contributed by atoms with Crippen molar-refractivity contribution in [3.05, 3.63) is 0 Å². The number of hydrogen-bond donors (Lipinski definition) is 2. The van der Waals surface area contributed by atoms with Crippen molar-refractivity contribution in [2.45, 2.75) is 77.7 Å². The molecule has 0 aromatic rings. The maximum atomic E-state index is 9.66. The zero-order chi connectivity index (χ0) is 15.6. The maximum Gasteiger partial charge on any atom is 0.0760 e. The summed E-state index contributed by atoms with van der Waals surface area (Å²) in [6.07, 6.45) is 0.934. The Morgan fingerprint density at radius 2 is 1.75 bits per heavy atom. The first-order valence-electron chi connectivity index (χ1n) is 7.83. The van der Waals surface area contributed by atoms with Crippen molar-refractivity contribution in [2.75, 3.05) is 26.2 Å². The topological polar surface area (TPSA) is 44.7 Å². The van der Waals surface area contributed by atoms with Crippen molar-refractivity contribution >= 4 is 0 Å². The average molecular weight is 286 g/mol. The Balaban J connectivity index is 2.73. The van der Waals surface area contributed by atoms with Gasteiger partial charge in [0.15, 0.2) is 0 Å². The summed E-state index contributed by atoms with van der Waals surface area (Å²) in [5, 5.41) is 13.1. The molecule has 1 saturated heterocycles. The zero-order valence-electron chi connectivity index (χ0n) is 14.4. The van der Waals surface area contributed by atoms with Gasteiger partial charge in [-0.05, 0) is 54.5 Å². The van der Waals surface area contributed by atoms with Gasteiger partial charge < -0.3 is 15.2 Å². The zero-order valence-corrected chi connectivity index (χ0v) is 14.4. The van der Waals surface area contributed by atoms with E-state index in [0.29, 0.717) is 6.04 Å². The van der Waals surface area contributed by atoms with E-state index in [0.717, 1.165) is 26.1 Å². The molecule has 0 amide bonds. The fourth-order valence-electron chi connectivity index (χ4n) is 3.56. The quantitative estimate of drug-likeness (QED) is 0.784. The molecule has 2 N–H and O–H groups in total. The van der Waals surface area contributed by atoms with Crippen LogP contribution >= 0.6 is 0 Å². The molecule has 4 nitrogen and oxygen atoms in total. The summed E-state index contributed by atoms with van der Waals surface area (Å²) in [7, 11) is 0. The van der Waals surface area contributed by atoms with Crippen LogP contribution in [0.4, 0.5) is 0 Å². The van der Waals surface area contributed by atoms with Gasteiger partial charge in [0.2, 0.25) is 0 Å². The van der Waals surface area contributed by atoms with Crippen LogP contribution in [0, 0.1) is 0 Å². The van der Waals surface area contributed by atoms with Gasteiger partial charge in [0.25, 0.3) is 0 Å². The lowest BCUT2D eigenvalue weighted by Crippen LogP contribution is -2.61. The molecule has 1 rings (SSSR count). The SMILES string of the molecule is CCNC(C)(CO)CC(C)N1CC(C)(C)OC(C)(C)C1. The van der Waals surface area contributed by atoms with Crippen molar-refractivity contribution in [3.63, 3.8) is 0 Å². The minimum atomic E-state index is -0.208. The van der Waals surface area contributed by atoms with Crippen molar-refractivity contribution in [2.24, 2.45) is 0 Å². The third-order valence-corrected chi connectivity index (χ3v) is 4.04. The lowest BCUT2D eigenvalue weighted by atomic mass is 9.90. The Morgan fingerprint density at radius 3 is 2.15 bits per heavy atom. The lowest BCUT2D eigenvalue weighted by Gasteiger charge is -2.50. The summed E-state index contributed by atoms with van der Waals surface area (Å²) in [6, 6.07) is 0.411. The molecule has 1 fully saturated rings. The number of morpholine rings is 1. The molecule has 0 aromatic heterocycles. The largest absolute Gasteiger partial charge is 0.394 e. The molecular weight excluding hydrogens is 252 g/mol. The van der Waals surface area contributed by atoms with E-state index in [-0.39, 0.29) is 23.3 Å². The van der Waals surface area contributed by atoms with Crippen molar-refractivity contribution < 1.29 is 9.84 Å². The predicted octanol–water partition coefficient (Wildman–Crippen LogP) is 2.01. The molecule has 2 unspecified atom stereocenters. The molecule has 0 radical (unpaired) electrons. The minimum Gasteiger partial charge on any atom is -0.394 e. The van der Waals surface area contributed by atoms with Gasteiger partial charge in [0, 0.05) is 24.7 Å². The Morgan fingerprint density at radius 1 is 1.25 bits per heavy atom. The molecular formula is C16H34N2O2. The number of aliphatic hydroxyl groups is 1. The molecule has 1 aliphatic rings. The molecule has 0 spiro atoms. The first-order valence-corrected chi connectivity index (χ1v) is 7.83. The fraction of sp³-hybridized carbons (Fsp3) is 1.00. The van der Waals surface area contributed by atoms with Crippen molar-refractivity contribution in [1.82, 2.24) is 10.2 Å².